The molecule has 144 valence electrons. The van der Waals surface area contributed by atoms with Gasteiger partial charge >= 0.3 is 0 Å². The third-order valence-electron chi connectivity index (χ3n) is 3.52. The molecule has 0 aliphatic carbocycles. The van der Waals surface area contributed by atoms with Gasteiger partial charge in [-0.1, -0.05) is 6.07 Å². The van der Waals surface area contributed by atoms with Crippen molar-refractivity contribution in [3.8, 4) is 0 Å². The third kappa shape index (κ3) is 7.83. The van der Waals surface area contributed by atoms with Gasteiger partial charge in [0.2, 0.25) is 0 Å². The van der Waals surface area contributed by atoms with Crippen LogP contribution in [-0.2, 0) is 4.74 Å². The van der Waals surface area contributed by atoms with Crippen LogP contribution in [0.5, 0.6) is 0 Å². The van der Waals surface area contributed by atoms with E-state index in [0.29, 0.717) is 19.1 Å². The van der Waals surface area contributed by atoms with E-state index in [-0.39, 0.29) is 42.1 Å². The predicted octanol–water partition coefficient (Wildman–Crippen LogP) is 2.78. The predicted molar refractivity (Wildman–Crippen MR) is 109 cm³/mol. The number of likely N-dealkylation sites (N-methyl/N-ethyl adjacent to an activating group) is 1. The van der Waals surface area contributed by atoms with E-state index in [0.717, 1.165) is 0 Å². The summed E-state index contributed by atoms with van der Waals surface area (Å²) in [6, 6.07) is 3.46. The van der Waals surface area contributed by atoms with E-state index in [1.54, 1.807) is 26.1 Å². The molecule has 0 amide bonds. The highest BCUT2D eigenvalue weighted by molar-refractivity contribution is 14.0. The highest BCUT2D eigenvalue weighted by Gasteiger charge is 2.22. The zero-order valence-corrected chi connectivity index (χ0v) is 17.8. The Balaban J connectivity index is 0.00000576. The molecule has 0 saturated carbocycles. The molecular formula is C17H29F2IN4O. The molecule has 5 nitrogen and oxygen atoms in total. The van der Waals surface area contributed by atoms with Crippen LogP contribution < -0.4 is 10.6 Å². The normalized spacial score (nSPS) is 14.0. The standard InChI is InChI=1S/C17H28F2N4O.HI/c1-6-20-17(22-12(2)11-24-5)21-10-15(23(3)4)16-13(18)8-7-9-14(16)19;/h7-9,12,15H,6,10-11H2,1-5H3,(H2,20,21,22);1H. The molecule has 1 aromatic carbocycles. The molecular weight excluding hydrogens is 441 g/mol. The van der Waals surface area contributed by atoms with Crippen LogP contribution >= 0.6 is 24.0 Å². The topological polar surface area (TPSA) is 48.9 Å². The molecule has 0 radical (unpaired) electrons. The fraction of sp³-hybridized carbons (Fsp3) is 0.588. The van der Waals surface area contributed by atoms with Crippen LogP contribution in [0.3, 0.4) is 0 Å². The Labute approximate surface area is 166 Å². The van der Waals surface area contributed by atoms with E-state index in [9.17, 15) is 8.78 Å². The van der Waals surface area contributed by atoms with Crippen LogP contribution in [0.25, 0.3) is 0 Å². The van der Waals surface area contributed by atoms with E-state index >= 15 is 0 Å². The van der Waals surface area contributed by atoms with Gasteiger partial charge in [0.25, 0.3) is 0 Å². The molecule has 1 rings (SSSR count). The Morgan fingerprint density at radius 2 is 1.88 bits per heavy atom. The molecule has 0 aliphatic rings. The Morgan fingerprint density at radius 1 is 1.28 bits per heavy atom. The minimum absolute atomic E-state index is 0. The van der Waals surface area contributed by atoms with Gasteiger partial charge in [-0.25, -0.2) is 8.78 Å². The second-order valence-electron chi connectivity index (χ2n) is 5.84. The van der Waals surface area contributed by atoms with Crippen LogP contribution in [-0.4, -0.2) is 57.8 Å². The van der Waals surface area contributed by atoms with Crippen molar-refractivity contribution in [1.29, 1.82) is 0 Å². The molecule has 8 heteroatoms. The van der Waals surface area contributed by atoms with Crippen molar-refractivity contribution in [3.05, 3.63) is 35.4 Å². The summed E-state index contributed by atoms with van der Waals surface area (Å²) in [5, 5.41) is 6.33. The average Bonchev–Trinajstić information content (AvgIpc) is 2.50. The van der Waals surface area contributed by atoms with E-state index in [1.165, 1.54) is 18.2 Å². The second-order valence-corrected chi connectivity index (χ2v) is 5.84. The number of methoxy groups -OCH3 is 1. The van der Waals surface area contributed by atoms with Crippen molar-refractivity contribution < 1.29 is 13.5 Å². The number of rotatable bonds is 8. The zero-order valence-electron chi connectivity index (χ0n) is 15.5. The van der Waals surface area contributed by atoms with Crippen molar-refractivity contribution in [2.24, 2.45) is 4.99 Å². The number of benzene rings is 1. The van der Waals surface area contributed by atoms with E-state index in [1.807, 2.05) is 13.8 Å². The van der Waals surface area contributed by atoms with Gasteiger partial charge in [-0.3, -0.25) is 4.99 Å². The summed E-state index contributed by atoms with van der Waals surface area (Å²) in [7, 11) is 5.19. The molecule has 0 fully saturated rings. The summed E-state index contributed by atoms with van der Waals surface area (Å²) in [6.45, 7) is 5.37. The fourth-order valence-corrected chi connectivity index (χ4v) is 2.36. The van der Waals surface area contributed by atoms with Crippen LogP contribution in [0.2, 0.25) is 0 Å². The van der Waals surface area contributed by atoms with Crippen molar-refractivity contribution >= 4 is 29.9 Å². The summed E-state index contributed by atoms with van der Waals surface area (Å²) in [6.07, 6.45) is 0. The minimum Gasteiger partial charge on any atom is -0.383 e. The van der Waals surface area contributed by atoms with Crippen LogP contribution in [0, 0.1) is 11.6 Å². The lowest BCUT2D eigenvalue weighted by atomic mass is 10.0. The molecule has 0 saturated heterocycles. The van der Waals surface area contributed by atoms with Gasteiger partial charge in [0, 0.05) is 25.3 Å². The molecule has 0 bridgehead atoms. The summed E-state index contributed by atoms with van der Waals surface area (Å²) in [5.41, 5.74) is 0.0343. The second kappa shape index (κ2) is 12.4. The van der Waals surface area contributed by atoms with Crippen LogP contribution in [0.1, 0.15) is 25.5 Å². The van der Waals surface area contributed by atoms with Gasteiger partial charge in [-0.2, -0.15) is 0 Å². The van der Waals surface area contributed by atoms with Gasteiger partial charge in [0.05, 0.1) is 19.2 Å². The lowest BCUT2D eigenvalue weighted by Gasteiger charge is -2.25. The first-order valence-electron chi connectivity index (χ1n) is 8.04. The maximum Gasteiger partial charge on any atom is 0.191 e. The van der Waals surface area contributed by atoms with E-state index in [2.05, 4.69) is 15.6 Å². The van der Waals surface area contributed by atoms with Crippen LogP contribution in [0.15, 0.2) is 23.2 Å². The van der Waals surface area contributed by atoms with E-state index in [4.69, 9.17) is 4.74 Å². The summed E-state index contributed by atoms with van der Waals surface area (Å²) in [5.74, 6) is -0.533. The van der Waals surface area contributed by atoms with Crippen molar-refractivity contribution in [3.63, 3.8) is 0 Å². The molecule has 1 aromatic rings. The first-order valence-corrected chi connectivity index (χ1v) is 8.04. The highest BCUT2D eigenvalue weighted by atomic mass is 127. The number of nitrogens with one attached hydrogen (secondary N) is 2. The quantitative estimate of drug-likeness (QED) is 0.349. The molecule has 2 N–H and O–H groups in total. The molecule has 25 heavy (non-hydrogen) atoms. The zero-order chi connectivity index (χ0) is 18.1. The molecule has 0 aliphatic heterocycles. The molecule has 0 heterocycles. The largest absolute Gasteiger partial charge is 0.383 e. The van der Waals surface area contributed by atoms with Crippen molar-refractivity contribution in [2.75, 3.05) is 40.9 Å². The SMILES string of the molecule is CCNC(=NCC(c1c(F)cccc1F)N(C)C)NC(C)COC.I. The summed E-state index contributed by atoms with van der Waals surface area (Å²) < 4.78 is 33.3. The number of hydrogen-bond donors (Lipinski definition) is 2. The average molecular weight is 470 g/mol. The Morgan fingerprint density at radius 3 is 2.36 bits per heavy atom. The maximum absolute atomic E-state index is 14.1. The molecule has 0 spiro atoms. The maximum atomic E-state index is 14.1. The van der Waals surface area contributed by atoms with Gasteiger partial charge in [0.15, 0.2) is 5.96 Å². The number of hydrogen-bond acceptors (Lipinski definition) is 3. The van der Waals surface area contributed by atoms with Gasteiger partial charge in [-0.05, 0) is 40.1 Å². The summed E-state index contributed by atoms with van der Waals surface area (Å²) in [4.78, 5) is 6.24. The lowest BCUT2D eigenvalue weighted by Crippen LogP contribution is -2.44. The number of guanidine groups is 1. The summed E-state index contributed by atoms with van der Waals surface area (Å²) >= 11 is 0. The Hall–Kier alpha value is -1.00. The first-order chi connectivity index (χ1) is 11.4. The third-order valence-corrected chi connectivity index (χ3v) is 3.52. The van der Waals surface area contributed by atoms with Crippen molar-refractivity contribution in [2.45, 2.75) is 25.9 Å². The smallest absolute Gasteiger partial charge is 0.191 e. The van der Waals surface area contributed by atoms with Gasteiger partial charge in [-0.15, -0.1) is 24.0 Å². The Bertz CT molecular complexity index is 523. The molecule has 2 unspecified atom stereocenters. The number of halogens is 3. The minimum atomic E-state index is -0.561. The van der Waals surface area contributed by atoms with E-state index < -0.39 is 17.7 Å². The monoisotopic (exact) mass is 470 g/mol. The molecule has 2 atom stereocenters. The van der Waals surface area contributed by atoms with Gasteiger partial charge < -0.3 is 20.3 Å². The number of aliphatic imine (C=N–C) groups is 1. The van der Waals surface area contributed by atoms with Crippen LogP contribution in [0.4, 0.5) is 8.78 Å². The Kier molecular flexibility index (Phi) is 11.9. The number of ether oxygens (including phenoxy) is 1. The number of nitrogens with zero attached hydrogens (tertiary/aromatic N) is 2. The molecule has 0 aromatic heterocycles. The van der Waals surface area contributed by atoms with Crippen molar-refractivity contribution in [1.82, 2.24) is 15.5 Å². The van der Waals surface area contributed by atoms with Gasteiger partial charge in [0.1, 0.15) is 11.6 Å². The highest BCUT2D eigenvalue weighted by Crippen LogP contribution is 2.24. The first kappa shape index (κ1) is 24.0. The lowest BCUT2D eigenvalue weighted by molar-refractivity contribution is 0.179. The fourth-order valence-electron chi connectivity index (χ4n) is 2.36.